The second kappa shape index (κ2) is 23.7. The zero-order valence-electron chi connectivity index (χ0n) is 19.5. The summed E-state index contributed by atoms with van der Waals surface area (Å²) in [5.74, 6) is -2.92. The van der Waals surface area contributed by atoms with Gasteiger partial charge in [-0.3, -0.25) is 60.7 Å². The molecule has 0 atom stereocenters. The van der Waals surface area contributed by atoms with E-state index in [2.05, 4.69) is 0 Å². The predicted molar refractivity (Wildman–Crippen MR) is 128 cm³/mol. The van der Waals surface area contributed by atoms with Crippen LogP contribution in [0.3, 0.4) is 0 Å². The molecule has 0 saturated heterocycles. The summed E-state index contributed by atoms with van der Waals surface area (Å²) in [7, 11) is 0. The Morgan fingerprint density at radius 1 is 0.390 bits per heavy atom. The summed E-state index contributed by atoms with van der Waals surface area (Å²) in [5, 5.41) is 84.2. The van der Waals surface area contributed by atoms with Crippen molar-refractivity contribution in [2.24, 2.45) is 0 Å². The van der Waals surface area contributed by atoms with E-state index in [1.165, 1.54) is 0 Å². The minimum atomic E-state index is -1.46. The summed E-state index contributed by atoms with van der Waals surface area (Å²) in [5.41, 5.74) is -6.53. The van der Waals surface area contributed by atoms with E-state index in [-0.39, 0.29) is 60.9 Å². The number of nitro benzene ring substituents is 6. The molecule has 0 spiro atoms. The first-order valence-electron chi connectivity index (χ1n) is 7.25. The fraction of sp³-hybridized carbons (Fsp3) is 0. The van der Waals surface area contributed by atoms with E-state index in [9.17, 15) is 70.9 Å². The third kappa shape index (κ3) is 14.4. The number of benzene rings is 2. The van der Waals surface area contributed by atoms with Gasteiger partial charge in [-0.15, -0.1) is 0 Å². The third-order valence-corrected chi connectivity index (χ3v) is 3.28. The van der Waals surface area contributed by atoms with Crippen LogP contribution in [0.1, 0.15) is 0 Å². The van der Waals surface area contributed by atoms with Crippen molar-refractivity contribution in [2.45, 2.75) is 0 Å². The van der Waals surface area contributed by atoms with Crippen LogP contribution >= 0.6 is 0 Å². The van der Waals surface area contributed by atoms with E-state index < -0.39 is 75.2 Å². The first kappa shape index (κ1) is 60.3. The molecular weight excluding hydrogens is 636 g/mol. The monoisotopic (exact) mass is 662 g/mol. The molecule has 0 aromatic heterocycles. The molecule has 2 rings (SSSR count). The Hall–Kier alpha value is -5.36. The van der Waals surface area contributed by atoms with Crippen LogP contribution in [0, 0.1) is 60.7 Å². The molecule has 0 fully saturated rings. The first-order valence-corrected chi connectivity index (χ1v) is 7.25. The molecular formula is C12H26FeN6O22+6. The van der Waals surface area contributed by atoms with E-state index in [1.807, 2.05) is 0 Å². The van der Waals surface area contributed by atoms with E-state index in [0.29, 0.717) is 24.3 Å². The maximum Gasteiger partial charge on any atom is 2.00 e. The Bertz CT molecular complexity index is 1030. The molecule has 2 aromatic carbocycles. The molecule has 0 heterocycles. The topological polar surface area (TPSA) is 566 Å². The Morgan fingerprint density at radius 2 is 0.537 bits per heavy atom. The number of nitro groups is 6. The quantitative estimate of drug-likeness (QED) is 0.120. The molecule has 0 radical (unpaired) electrons. The van der Waals surface area contributed by atoms with E-state index >= 15 is 0 Å². The van der Waals surface area contributed by atoms with E-state index in [1.54, 1.807) is 0 Å². The van der Waals surface area contributed by atoms with Gasteiger partial charge in [-0.1, -0.05) is 0 Å². The van der Waals surface area contributed by atoms with Crippen molar-refractivity contribution in [1.29, 1.82) is 0 Å². The summed E-state index contributed by atoms with van der Waals surface area (Å²) in [6.07, 6.45) is 0. The van der Waals surface area contributed by atoms with E-state index in [4.69, 9.17) is 0 Å². The zero-order valence-corrected chi connectivity index (χ0v) is 20.6. The normalized spacial score (nSPS) is 7.61. The van der Waals surface area contributed by atoms with Gasteiger partial charge in [-0.2, -0.15) is 0 Å². The van der Waals surface area contributed by atoms with Gasteiger partial charge in [-0.05, 0) is 0 Å². The average Bonchev–Trinajstić information content (AvgIpc) is 2.67. The van der Waals surface area contributed by atoms with Gasteiger partial charge >= 0.3 is 17.1 Å². The van der Waals surface area contributed by atoms with Gasteiger partial charge in [0, 0.05) is 0 Å². The molecule has 29 heteroatoms. The summed E-state index contributed by atoms with van der Waals surface area (Å²) in [4.78, 5) is 55.0. The minimum Gasteiger partial charge on any atom is -0.863 e. The van der Waals surface area contributed by atoms with Crippen molar-refractivity contribution in [1.82, 2.24) is 0 Å². The van der Waals surface area contributed by atoms with Crippen LogP contribution < -0.4 is 10.2 Å². The smallest absolute Gasteiger partial charge is 0.863 e. The van der Waals surface area contributed by atoms with Crippen molar-refractivity contribution in [3.63, 3.8) is 0 Å². The van der Waals surface area contributed by atoms with E-state index in [0.717, 1.165) is 0 Å². The van der Waals surface area contributed by atoms with Gasteiger partial charge in [0.25, 0.3) is 34.1 Å². The fourth-order valence-electron chi connectivity index (χ4n) is 1.92. The van der Waals surface area contributed by atoms with Crippen LogP contribution in [-0.4, -0.2) is 40.5 Å². The standard InChI is InChI=1S/2C6H3N3O7.Fe.8H2O/c2*10-6-4(8(13)14)1-3(7(11)12)2-5(6)9(15)16;;;;;;;;;/h2*1-2,10H;;8*1H2/q;;+2;;;;;;;;/p+4. The van der Waals surface area contributed by atoms with Gasteiger partial charge in [-0.25, -0.2) is 0 Å². The summed E-state index contributed by atoms with van der Waals surface area (Å²) in [6, 6.07) is 1.54. The molecule has 0 aliphatic heterocycles. The molecule has 0 aliphatic carbocycles. The molecule has 0 aliphatic rings. The second-order valence-electron chi connectivity index (χ2n) is 5.17. The van der Waals surface area contributed by atoms with Crippen molar-refractivity contribution < 1.29 is 101 Å². The first-order chi connectivity index (χ1) is 14.7. The predicted octanol–water partition coefficient (Wildman–Crippen LogP) is -6.21. The van der Waals surface area contributed by atoms with Gasteiger partial charge in [0.2, 0.25) is 0 Å². The van der Waals surface area contributed by atoms with Crippen LogP contribution in [-0.2, 0) is 49.9 Å². The number of rotatable bonds is 6. The van der Waals surface area contributed by atoms with Crippen LogP contribution in [0.25, 0.3) is 0 Å². The maximum absolute atomic E-state index is 11.1. The van der Waals surface area contributed by atoms with Crippen LogP contribution in [0.4, 0.5) is 34.1 Å². The summed E-state index contributed by atoms with van der Waals surface area (Å²) in [6.45, 7) is 0. The fourth-order valence-corrected chi connectivity index (χ4v) is 1.92. The molecule has 41 heavy (non-hydrogen) atoms. The molecule has 0 unspecified atom stereocenters. The summed E-state index contributed by atoms with van der Waals surface area (Å²) < 4.78 is 0. The Balaban J connectivity index is -0.0000000585. The molecule has 0 bridgehead atoms. The molecule has 238 valence electrons. The van der Waals surface area contributed by atoms with Crippen molar-refractivity contribution in [2.75, 3.05) is 0 Å². The van der Waals surface area contributed by atoms with Crippen LogP contribution in [0.15, 0.2) is 24.3 Å². The summed E-state index contributed by atoms with van der Waals surface area (Å²) >= 11 is 0. The molecule has 0 saturated carbocycles. The van der Waals surface area contributed by atoms with Gasteiger partial charge in [0.05, 0.1) is 65.3 Å². The molecule has 2 aromatic rings. The van der Waals surface area contributed by atoms with Crippen LogP contribution in [0.2, 0.25) is 0 Å². The maximum atomic E-state index is 11.1. The van der Waals surface area contributed by atoms with Crippen molar-refractivity contribution in [3.05, 3.63) is 85.0 Å². The van der Waals surface area contributed by atoms with Crippen molar-refractivity contribution >= 4 is 34.1 Å². The average molecular weight is 662 g/mol. The minimum absolute atomic E-state index is 0. The Morgan fingerprint density at radius 3 is 0.634 bits per heavy atom. The van der Waals surface area contributed by atoms with Gasteiger partial charge < -0.3 is 54.0 Å². The Kier molecular flexibility index (Phi) is 34.9. The van der Waals surface area contributed by atoms with Gasteiger partial charge in [0.15, 0.2) is 0 Å². The molecule has 0 amide bonds. The van der Waals surface area contributed by atoms with Crippen LogP contribution in [0.5, 0.6) is 11.5 Å². The molecule has 28 nitrogen and oxygen atoms in total. The zero-order chi connectivity index (χ0) is 24.9. The SMILES string of the molecule is O.O.O=[N+]([O-])c1cc([N+](=O)[O-])c([O-])c([N+](=O)[O-])c1.O=[N+]([O-])c1cc([N+](=O)[O-])c([O-])c([N+](=O)[O-])c1.[Fe+2].[OH3+].[OH3+].[OH3+].[OH3+].[OH3+].[OH3+]. The number of nitrogens with zero attached hydrogens (tertiary/aromatic N) is 6. The second-order valence-corrected chi connectivity index (χ2v) is 5.17. The van der Waals surface area contributed by atoms with Gasteiger partial charge in [0.1, 0.15) is 0 Å². The number of hydrogen-bond donors (Lipinski definition) is 0. The number of non-ortho nitro benzene ring substituents is 2. The Labute approximate surface area is 231 Å². The largest absolute Gasteiger partial charge is 2.00 e. The molecule has 22 N–H and O–H groups in total. The third-order valence-electron chi connectivity index (χ3n) is 3.28. The number of hydrogen-bond acceptors (Lipinski definition) is 14. The van der Waals surface area contributed by atoms with Crippen molar-refractivity contribution in [3.8, 4) is 11.5 Å².